The maximum atomic E-state index is 12.0. The molecular formula is C9H17ClFN3. The quantitative estimate of drug-likeness (QED) is 0.828. The lowest BCUT2D eigenvalue weighted by Gasteiger charge is -2.00. The molecule has 0 atom stereocenters. The van der Waals surface area contributed by atoms with Gasteiger partial charge in [-0.05, 0) is 13.3 Å². The molecule has 3 nitrogen and oxygen atoms in total. The van der Waals surface area contributed by atoms with E-state index in [1.54, 1.807) is 4.68 Å². The summed E-state index contributed by atoms with van der Waals surface area (Å²) in [6.45, 7) is 4.94. The molecule has 14 heavy (non-hydrogen) atoms. The van der Waals surface area contributed by atoms with E-state index in [9.17, 15) is 4.39 Å². The summed E-state index contributed by atoms with van der Waals surface area (Å²) in [6.07, 6.45) is 2.93. The van der Waals surface area contributed by atoms with Crippen molar-refractivity contribution < 1.29 is 4.39 Å². The van der Waals surface area contributed by atoms with Crippen LogP contribution >= 0.6 is 12.4 Å². The van der Waals surface area contributed by atoms with Crippen molar-refractivity contribution in [3.8, 4) is 0 Å². The monoisotopic (exact) mass is 221 g/mol. The molecule has 0 aromatic carbocycles. The van der Waals surface area contributed by atoms with Gasteiger partial charge in [-0.2, -0.15) is 5.10 Å². The minimum Gasteiger partial charge on any atom is -0.382 e. The van der Waals surface area contributed by atoms with Crippen LogP contribution in [-0.2, 0) is 6.54 Å². The fourth-order valence-corrected chi connectivity index (χ4v) is 1.15. The van der Waals surface area contributed by atoms with Crippen LogP contribution in [-0.4, -0.2) is 23.0 Å². The number of anilines is 1. The first-order chi connectivity index (χ1) is 6.27. The molecule has 1 rings (SSSR count). The van der Waals surface area contributed by atoms with Crippen molar-refractivity contribution in [3.63, 3.8) is 0 Å². The average Bonchev–Trinajstić information content (AvgIpc) is 2.44. The largest absolute Gasteiger partial charge is 0.382 e. The average molecular weight is 222 g/mol. The maximum absolute atomic E-state index is 12.0. The number of aryl methyl sites for hydroxylation is 2. The Labute approximate surface area is 90.1 Å². The van der Waals surface area contributed by atoms with E-state index in [2.05, 4.69) is 17.3 Å². The number of nitrogens with zero attached hydrogens (tertiary/aromatic N) is 2. The van der Waals surface area contributed by atoms with Crippen LogP contribution in [0.2, 0.25) is 0 Å². The lowest BCUT2D eigenvalue weighted by molar-refractivity contribution is 0.426. The first-order valence-corrected chi connectivity index (χ1v) is 4.61. The summed E-state index contributed by atoms with van der Waals surface area (Å²) in [5.41, 5.74) is 1.94. The summed E-state index contributed by atoms with van der Waals surface area (Å²) in [4.78, 5) is 0. The predicted molar refractivity (Wildman–Crippen MR) is 59.0 cm³/mol. The second kappa shape index (κ2) is 6.65. The highest BCUT2D eigenvalue weighted by molar-refractivity contribution is 5.85. The Morgan fingerprint density at radius 3 is 2.86 bits per heavy atom. The fraction of sp³-hybridized carbons (Fsp3) is 0.667. The molecule has 0 saturated carbocycles. The molecule has 0 aliphatic heterocycles. The van der Waals surface area contributed by atoms with Gasteiger partial charge in [0.05, 0.1) is 17.9 Å². The Kier molecular flexibility index (Phi) is 6.28. The number of hydrogen-bond acceptors (Lipinski definition) is 2. The van der Waals surface area contributed by atoms with Gasteiger partial charge in [-0.15, -0.1) is 12.4 Å². The van der Waals surface area contributed by atoms with Crippen molar-refractivity contribution in [3.05, 3.63) is 11.9 Å². The minimum atomic E-state index is -0.367. The van der Waals surface area contributed by atoms with Gasteiger partial charge in [0, 0.05) is 12.7 Å². The predicted octanol–water partition coefficient (Wildman–Crippen LogP) is 2.40. The van der Waals surface area contributed by atoms with Gasteiger partial charge in [0.25, 0.3) is 0 Å². The topological polar surface area (TPSA) is 29.9 Å². The first kappa shape index (κ1) is 13.2. The van der Waals surface area contributed by atoms with Gasteiger partial charge in [0.2, 0.25) is 0 Å². The second-order valence-electron chi connectivity index (χ2n) is 3.01. The second-order valence-corrected chi connectivity index (χ2v) is 3.01. The van der Waals surface area contributed by atoms with Crippen LogP contribution in [0, 0.1) is 6.92 Å². The lowest BCUT2D eigenvalue weighted by atomic mass is 10.4. The van der Waals surface area contributed by atoms with E-state index in [0.29, 0.717) is 6.54 Å². The van der Waals surface area contributed by atoms with Crippen LogP contribution in [0.4, 0.5) is 10.1 Å². The molecule has 0 unspecified atom stereocenters. The smallest absolute Gasteiger partial charge is 0.109 e. The van der Waals surface area contributed by atoms with Gasteiger partial charge >= 0.3 is 0 Å². The molecule has 0 amide bonds. The third-order valence-electron chi connectivity index (χ3n) is 1.83. The maximum Gasteiger partial charge on any atom is 0.109 e. The Balaban J connectivity index is 0.00000169. The summed E-state index contributed by atoms with van der Waals surface area (Å²) >= 11 is 0. The molecule has 1 aromatic rings. The molecule has 0 aliphatic carbocycles. The minimum absolute atomic E-state index is 0. The molecule has 0 radical (unpaired) electrons. The van der Waals surface area contributed by atoms with E-state index in [1.165, 1.54) is 0 Å². The molecule has 1 heterocycles. The van der Waals surface area contributed by atoms with E-state index < -0.39 is 0 Å². The summed E-state index contributed by atoms with van der Waals surface area (Å²) < 4.78 is 13.6. The summed E-state index contributed by atoms with van der Waals surface area (Å²) in [6, 6.07) is 0. The Morgan fingerprint density at radius 2 is 2.29 bits per heavy atom. The summed E-state index contributed by atoms with van der Waals surface area (Å²) in [5.74, 6) is 0. The van der Waals surface area contributed by atoms with Gasteiger partial charge in [-0.25, -0.2) is 4.39 Å². The zero-order valence-corrected chi connectivity index (χ0v) is 9.40. The van der Waals surface area contributed by atoms with Gasteiger partial charge in [-0.3, -0.25) is 4.68 Å². The van der Waals surface area contributed by atoms with Crippen molar-refractivity contribution in [2.45, 2.75) is 26.8 Å². The summed E-state index contributed by atoms with van der Waals surface area (Å²) in [5, 5.41) is 7.40. The van der Waals surface area contributed by atoms with Crippen LogP contribution in [0.25, 0.3) is 0 Å². The Hall–Kier alpha value is -0.770. The highest BCUT2D eigenvalue weighted by atomic mass is 35.5. The fourth-order valence-electron chi connectivity index (χ4n) is 1.15. The summed E-state index contributed by atoms with van der Waals surface area (Å²) in [7, 11) is 0. The standard InChI is InChI=1S/C9H16FN3.ClH/c1-3-5-11-9-7-13(6-4-10)12-8(9)2;/h7,11H,3-6H2,1-2H3;1H. The molecule has 1 N–H and O–H groups in total. The SMILES string of the molecule is CCCNc1cn(CCF)nc1C.Cl. The van der Waals surface area contributed by atoms with Gasteiger partial charge in [0.1, 0.15) is 6.67 Å². The lowest BCUT2D eigenvalue weighted by Crippen LogP contribution is -2.00. The molecule has 0 bridgehead atoms. The van der Waals surface area contributed by atoms with Crippen molar-refractivity contribution in [2.75, 3.05) is 18.5 Å². The normalized spacial score (nSPS) is 9.64. The molecule has 82 valence electrons. The van der Waals surface area contributed by atoms with Crippen LogP contribution in [0.15, 0.2) is 6.20 Å². The van der Waals surface area contributed by atoms with Gasteiger partial charge in [-0.1, -0.05) is 6.92 Å². The van der Waals surface area contributed by atoms with E-state index in [4.69, 9.17) is 0 Å². The number of aromatic nitrogens is 2. The van der Waals surface area contributed by atoms with Crippen LogP contribution < -0.4 is 5.32 Å². The van der Waals surface area contributed by atoms with E-state index in [0.717, 1.165) is 24.3 Å². The highest BCUT2D eigenvalue weighted by Gasteiger charge is 2.02. The number of alkyl halides is 1. The molecule has 0 saturated heterocycles. The Bertz CT molecular complexity index is 263. The molecule has 5 heteroatoms. The van der Waals surface area contributed by atoms with E-state index in [1.807, 2.05) is 13.1 Å². The molecular weight excluding hydrogens is 205 g/mol. The molecule has 0 fully saturated rings. The first-order valence-electron chi connectivity index (χ1n) is 4.61. The number of nitrogens with one attached hydrogen (secondary N) is 1. The van der Waals surface area contributed by atoms with E-state index in [-0.39, 0.29) is 19.1 Å². The number of rotatable bonds is 5. The number of hydrogen-bond donors (Lipinski definition) is 1. The Morgan fingerprint density at radius 1 is 1.57 bits per heavy atom. The van der Waals surface area contributed by atoms with Crippen LogP contribution in [0.3, 0.4) is 0 Å². The number of halogens is 2. The van der Waals surface area contributed by atoms with Crippen molar-refractivity contribution in [2.24, 2.45) is 0 Å². The zero-order chi connectivity index (χ0) is 9.68. The third-order valence-corrected chi connectivity index (χ3v) is 1.83. The highest BCUT2D eigenvalue weighted by Crippen LogP contribution is 2.11. The van der Waals surface area contributed by atoms with Crippen molar-refractivity contribution in [1.29, 1.82) is 0 Å². The van der Waals surface area contributed by atoms with Gasteiger partial charge in [0.15, 0.2) is 0 Å². The van der Waals surface area contributed by atoms with Gasteiger partial charge < -0.3 is 5.32 Å². The van der Waals surface area contributed by atoms with Crippen molar-refractivity contribution in [1.82, 2.24) is 9.78 Å². The van der Waals surface area contributed by atoms with E-state index >= 15 is 0 Å². The zero-order valence-electron chi connectivity index (χ0n) is 8.59. The van der Waals surface area contributed by atoms with Crippen LogP contribution in [0.1, 0.15) is 19.0 Å². The molecule has 0 aliphatic rings. The van der Waals surface area contributed by atoms with Crippen LogP contribution in [0.5, 0.6) is 0 Å². The third kappa shape index (κ3) is 3.54. The molecule has 1 aromatic heterocycles. The van der Waals surface area contributed by atoms with Crippen molar-refractivity contribution >= 4 is 18.1 Å². The molecule has 0 spiro atoms.